The molecule has 4 aliphatic heterocycles. The maximum atomic E-state index is 13.8. The molecule has 0 spiro atoms. The van der Waals surface area contributed by atoms with Crippen LogP contribution >= 0.6 is 0 Å². The fourth-order valence-electron chi connectivity index (χ4n) is 6.64. The molecule has 2 aromatic carbocycles. The van der Waals surface area contributed by atoms with Gasteiger partial charge in [0, 0.05) is 18.8 Å². The van der Waals surface area contributed by atoms with Crippen LogP contribution in [0, 0.1) is 11.8 Å². The summed E-state index contributed by atoms with van der Waals surface area (Å²) in [4.78, 5) is 83.7. The molecular weight excluding hydrogens is 520 g/mol. The van der Waals surface area contributed by atoms with E-state index < -0.39 is 71.0 Å². The number of hydrogen-bond acceptors (Lipinski definition) is 9. The van der Waals surface area contributed by atoms with Gasteiger partial charge >= 0.3 is 5.97 Å². The number of carbonyl (C=O) groups excluding carboxylic acids is 6. The SMILES string of the molecule is COC(=O)[C@]1(C)N[C@H]([C@H]2[C@@H](N3C(=O)c4ccccc4C3=O)C(=O)N2c2ccc(OC)cc2)[C@@H]2C(=O)N(C)C(=O)[C@@H]21. The van der Waals surface area contributed by atoms with E-state index in [0.717, 1.165) is 9.80 Å². The average Bonchev–Trinajstić information content (AvgIpc) is 3.50. The van der Waals surface area contributed by atoms with E-state index in [1.807, 2.05) is 0 Å². The van der Waals surface area contributed by atoms with Crippen molar-refractivity contribution in [3.63, 3.8) is 0 Å². The molecule has 0 unspecified atom stereocenters. The van der Waals surface area contributed by atoms with E-state index in [0.29, 0.717) is 11.4 Å². The van der Waals surface area contributed by atoms with Gasteiger partial charge in [0.05, 0.1) is 43.2 Å². The fraction of sp³-hybridized carbons (Fsp3) is 0.357. The van der Waals surface area contributed by atoms with Crippen LogP contribution in [0.4, 0.5) is 5.69 Å². The largest absolute Gasteiger partial charge is 0.497 e. The molecule has 4 aliphatic rings. The Balaban J connectivity index is 1.48. The Morgan fingerprint density at radius 1 is 0.850 bits per heavy atom. The van der Waals surface area contributed by atoms with E-state index in [9.17, 15) is 28.8 Å². The second-order valence-electron chi connectivity index (χ2n) is 10.5. The van der Waals surface area contributed by atoms with Gasteiger partial charge in [0.2, 0.25) is 11.8 Å². The van der Waals surface area contributed by atoms with Crippen molar-refractivity contribution in [2.75, 3.05) is 26.2 Å². The lowest BCUT2D eigenvalue weighted by Gasteiger charge is -2.52. The van der Waals surface area contributed by atoms with E-state index in [1.54, 1.807) is 36.4 Å². The van der Waals surface area contributed by atoms with Crippen LogP contribution in [0.25, 0.3) is 0 Å². The van der Waals surface area contributed by atoms with Crippen molar-refractivity contribution < 1.29 is 38.2 Å². The molecule has 3 fully saturated rings. The van der Waals surface area contributed by atoms with E-state index in [2.05, 4.69) is 5.32 Å². The number of benzene rings is 2. The van der Waals surface area contributed by atoms with E-state index in [-0.39, 0.29) is 11.1 Å². The van der Waals surface area contributed by atoms with Gasteiger partial charge in [-0.3, -0.25) is 43.9 Å². The van der Waals surface area contributed by atoms with Gasteiger partial charge in [0.1, 0.15) is 17.3 Å². The van der Waals surface area contributed by atoms with Crippen molar-refractivity contribution >= 4 is 41.2 Å². The van der Waals surface area contributed by atoms with E-state index in [1.165, 1.54) is 45.2 Å². The molecule has 6 rings (SSSR count). The molecule has 3 saturated heterocycles. The number of nitrogens with zero attached hydrogens (tertiary/aromatic N) is 3. The minimum Gasteiger partial charge on any atom is -0.497 e. The van der Waals surface area contributed by atoms with Crippen molar-refractivity contribution in [2.45, 2.75) is 30.6 Å². The number of carbonyl (C=O) groups is 6. The van der Waals surface area contributed by atoms with Gasteiger partial charge in [-0.05, 0) is 43.3 Å². The molecule has 206 valence electrons. The lowest BCUT2D eigenvalue weighted by atomic mass is 9.76. The van der Waals surface area contributed by atoms with Crippen LogP contribution < -0.4 is 15.0 Å². The van der Waals surface area contributed by atoms with Gasteiger partial charge in [-0.2, -0.15) is 0 Å². The van der Waals surface area contributed by atoms with Crippen molar-refractivity contribution in [3.8, 4) is 5.75 Å². The molecule has 6 atom stereocenters. The highest BCUT2D eigenvalue weighted by atomic mass is 16.5. The van der Waals surface area contributed by atoms with Crippen molar-refractivity contribution in [1.82, 2.24) is 15.1 Å². The summed E-state index contributed by atoms with van der Waals surface area (Å²) in [5.74, 6) is -5.27. The first kappa shape index (κ1) is 25.7. The monoisotopic (exact) mass is 546 g/mol. The molecule has 0 bridgehead atoms. The summed E-state index contributed by atoms with van der Waals surface area (Å²) in [6.45, 7) is 1.48. The molecular formula is C28H26N4O8. The first-order chi connectivity index (χ1) is 19.1. The zero-order chi connectivity index (χ0) is 28.7. The summed E-state index contributed by atoms with van der Waals surface area (Å²) in [6, 6.07) is 9.61. The summed E-state index contributed by atoms with van der Waals surface area (Å²) in [5, 5.41) is 3.14. The standard InChI is InChI=1S/C28H26N4O8/c1-28(27(38)40-4)18-17(24(35)30(2)25(18)36)19(29-28)20-21(26(37)31(20)13-9-11-14(39-3)12-10-13)32-22(33)15-7-5-6-8-16(15)23(32)34/h5-12,17-21,29H,1-4H3/t17-,18-,19+,20+,21-,28-/m1/s1. The van der Waals surface area contributed by atoms with Gasteiger partial charge in [-0.1, -0.05) is 12.1 Å². The number of nitrogens with one attached hydrogen (secondary N) is 1. The smallest absolute Gasteiger partial charge is 0.326 e. The highest BCUT2D eigenvalue weighted by molar-refractivity contribution is 6.25. The Hall–Kier alpha value is -4.58. The third kappa shape index (κ3) is 3.16. The van der Waals surface area contributed by atoms with Gasteiger partial charge < -0.3 is 14.4 Å². The molecule has 0 radical (unpaired) electrons. The number of methoxy groups -OCH3 is 2. The number of ether oxygens (including phenoxy) is 2. The molecule has 40 heavy (non-hydrogen) atoms. The van der Waals surface area contributed by atoms with Crippen molar-refractivity contribution in [3.05, 3.63) is 59.7 Å². The number of imide groups is 2. The quantitative estimate of drug-likeness (QED) is 0.316. The maximum absolute atomic E-state index is 13.8. The maximum Gasteiger partial charge on any atom is 0.326 e. The summed E-state index contributed by atoms with van der Waals surface area (Å²) < 4.78 is 10.2. The molecule has 0 aromatic heterocycles. The Bertz CT molecular complexity index is 1470. The average molecular weight is 547 g/mol. The number of esters is 1. The minimum absolute atomic E-state index is 0.172. The summed E-state index contributed by atoms with van der Waals surface area (Å²) >= 11 is 0. The number of fused-ring (bicyclic) bond motifs is 2. The third-order valence-corrected chi connectivity index (χ3v) is 8.59. The second kappa shape index (κ2) is 8.71. The van der Waals surface area contributed by atoms with E-state index >= 15 is 0 Å². The lowest BCUT2D eigenvalue weighted by molar-refractivity contribution is -0.153. The topological polar surface area (TPSA) is 143 Å². The Kier molecular flexibility index (Phi) is 5.60. The van der Waals surface area contributed by atoms with Crippen LogP contribution in [0.2, 0.25) is 0 Å². The number of rotatable bonds is 5. The molecule has 1 N–H and O–H groups in total. The lowest BCUT2D eigenvalue weighted by Crippen LogP contribution is -2.78. The summed E-state index contributed by atoms with van der Waals surface area (Å²) in [7, 11) is 4.02. The minimum atomic E-state index is -1.60. The predicted molar refractivity (Wildman–Crippen MR) is 137 cm³/mol. The van der Waals surface area contributed by atoms with Crippen molar-refractivity contribution in [2.24, 2.45) is 11.8 Å². The van der Waals surface area contributed by atoms with Gasteiger partial charge in [0.15, 0.2) is 0 Å². The molecule has 12 heteroatoms. The number of likely N-dealkylation sites (tertiary alicyclic amines) is 1. The van der Waals surface area contributed by atoms with Crippen LogP contribution in [0.15, 0.2) is 48.5 Å². The number of β-lactam (4-membered cyclic amide) rings is 1. The number of hydrogen-bond donors (Lipinski definition) is 1. The van der Waals surface area contributed by atoms with Crippen LogP contribution in [0.3, 0.4) is 0 Å². The number of anilines is 1. The Labute approximate surface area is 228 Å². The Morgan fingerprint density at radius 2 is 1.45 bits per heavy atom. The number of amides is 5. The first-order valence-corrected chi connectivity index (χ1v) is 12.7. The van der Waals surface area contributed by atoms with Crippen LogP contribution in [0.1, 0.15) is 27.6 Å². The van der Waals surface area contributed by atoms with Gasteiger partial charge in [0.25, 0.3) is 17.7 Å². The van der Waals surface area contributed by atoms with Crippen molar-refractivity contribution in [1.29, 1.82) is 0 Å². The van der Waals surface area contributed by atoms with Gasteiger partial charge in [-0.25, -0.2) is 0 Å². The summed E-state index contributed by atoms with van der Waals surface area (Å²) in [5.41, 5.74) is -0.826. The van der Waals surface area contributed by atoms with E-state index in [4.69, 9.17) is 9.47 Å². The first-order valence-electron chi connectivity index (χ1n) is 12.7. The second-order valence-corrected chi connectivity index (χ2v) is 10.5. The summed E-state index contributed by atoms with van der Waals surface area (Å²) in [6.07, 6.45) is 0. The molecule has 5 amide bonds. The van der Waals surface area contributed by atoms with Crippen LogP contribution in [-0.4, -0.2) is 90.2 Å². The normalized spacial score (nSPS) is 30.9. The zero-order valence-corrected chi connectivity index (χ0v) is 22.1. The predicted octanol–water partition coefficient (Wildman–Crippen LogP) is 0.210. The molecule has 0 aliphatic carbocycles. The molecule has 4 heterocycles. The highest BCUT2D eigenvalue weighted by Gasteiger charge is 2.71. The fourth-order valence-corrected chi connectivity index (χ4v) is 6.64. The van der Waals surface area contributed by atoms with Crippen LogP contribution in [0.5, 0.6) is 5.75 Å². The molecule has 12 nitrogen and oxygen atoms in total. The van der Waals surface area contributed by atoms with Crippen LogP contribution in [-0.2, 0) is 23.9 Å². The zero-order valence-electron chi connectivity index (χ0n) is 22.1. The molecule has 2 aromatic rings. The third-order valence-electron chi connectivity index (χ3n) is 8.59. The van der Waals surface area contributed by atoms with Gasteiger partial charge in [-0.15, -0.1) is 0 Å². The highest BCUT2D eigenvalue weighted by Crippen LogP contribution is 2.48. The Morgan fingerprint density at radius 3 is 2.00 bits per heavy atom. The molecule has 0 saturated carbocycles.